The molecule has 1 aliphatic heterocycles. The first-order chi connectivity index (χ1) is 9.15. The van der Waals surface area contributed by atoms with Crippen molar-refractivity contribution >= 4 is 18.3 Å². The van der Waals surface area contributed by atoms with Crippen LogP contribution in [0, 0.1) is 0 Å². The summed E-state index contributed by atoms with van der Waals surface area (Å²) in [5.41, 5.74) is 6.99. The summed E-state index contributed by atoms with van der Waals surface area (Å²) in [6.07, 6.45) is 1.98. The quantitative estimate of drug-likeness (QED) is 0.889. The van der Waals surface area contributed by atoms with Crippen LogP contribution in [0.1, 0.15) is 31.4 Å². The Balaban J connectivity index is 0.00000200. The Morgan fingerprint density at radius 1 is 1.35 bits per heavy atom. The lowest BCUT2D eigenvalue weighted by molar-refractivity contribution is -0.123. The van der Waals surface area contributed by atoms with Crippen LogP contribution in [-0.4, -0.2) is 36.5 Å². The lowest BCUT2D eigenvalue weighted by Crippen LogP contribution is -2.44. The van der Waals surface area contributed by atoms with E-state index in [1.165, 1.54) is 0 Å². The number of halogens is 1. The van der Waals surface area contributed by atoms with Crippen LogP contribution in [0.4, 0.5) is 0 Å². The summed E-state index contributed by atoms with van der Waals surface area (Å²) < 4.78 is 0. The molecule has 1 saturated heterocycles. The number of rotatable bonds is 4. The largest absolute Gasteiger partial charge is 0.348 e. The zero-order chi connectivity index (χ0) is 13.7. The lowest BCUT2D eigenvalue weighted by atomic mass is 10.1. The number of piperidine rings is 1. The van der Waals surface area contributed by atoms with Crippen LogP contribution >= 0.6 is 12.4 Å². The maximum Gasteiger partial charge on any atom is 0.234 e. The molecule has 1 aliphatic rings. The summed E-state index contributed by atoms with van der Waals surface area (Å²) >= 11 is 0. The Hall–Kier alpha value is -1.10. The van der Waals surface area contributed by atoms with Crippen LogP contribution in [-0.2, 0) is 4.79 Å². The van der Waals surface area contributed by atoms with Crippen molar-refractivity contribution in [2.75, 3.05) is 19.6 Å². The summed E-state index contributed by atoms with van der Waals surface area (Å²) in [5, 5.41) is 3.04. The van der Waals surface area contributed by atoms with E-state index in [1.54, 1.807) is 0 Å². The van der Waals surface area contributed by atoms with Crippen LogP contribution in [0.5, 0.6) is 0 Å². The topological polar surface area (TPSA) is 58.4 Å². The first kappa shape index (κ1) is 17.0. The van der Waals surface area contributed by atoms with Crippen molar-refractivity contribution in [1.29, 1.82) is 0 Å². The molecule has 1 unspecified atom stereocenters. The highest BCUT2D eigenvalue weighted by Gasteiger charge is 2.19. The molecule has 112 valence electrons. The number of carbonyl (C=O) groups excluding carboxylic acids is 1. The van der Waals surface area contributed by atoms with Crippen molar-refractivity contribution in [1.82, 2.24) is 10.2 Å². The smallest absolute Gasteiger partial charge is 0.234 e. The van der Waals surface area contributed by atoms with Crippen molar-refractivity contribution in [2.45, 2.75) is 31.8 Å². The standard InChI is InChI=1S/C15H23N3O.ClH/c1-12(13-5-3-2-4-6-13)17-15(19)11-18-9-7-14(16)8-10-18;/h2-6,12,14H,7-11,16H2,1H3,(H,17,19);1H. The minimum Gasteiger partial charge on any atom is -0.348 e. The molecule has 1 fully saturated rings. The van der Waals surface area contributed by atoms with Gasteiger partial charge in [-0.1, -0.05) is 30.3 Å². The molecule has 0 bridgehead atoms. The monoisotopic (exact) mass is 297 g/mol. The number of nitrogens with one attached hydrogen (secondary N) is 1. The molecular formula is C15H24ClN3O. The van der Waals surface area contributed by atoms with E-state index < -0.39 is 0 Å². The third kappa shape index (κ3) is 5.12. The molecule has 3 N–H and O–H groups in total. The molecule has 1 amide bonds. The molecule has 0 saturated carbocycles. The van der Waals surface area contributed by atoms with Crippen molar-refractivity contribution < 1.29 is 4.79 Å². The molecule has 1 heterocycles. The van der Waals surface area contributed by atoms with Gasteiger partial charge in [0.25, 0.3) is 0 Å². The van der Waals surface area contributed by atoms with E-state index >= 15 is 0 Å². The van der Waals surface area contributed by atoms with Crippen LogP contribution in [0.25, 0.3) is 0 Å². The number of nitrogens with zero attached hydrogens (tertiary/aromatic N) is 1. The highest BCUT2D eigenvalue weighted by molar-refractivity contribution is 5.85. The highest BCUT2D eigenvalue weighted by atomic mass is 35.5. The van der Waals surface area contributed by atoms with Crippen LogP contribution in [0.3, 0.4) is 0 Å². The molecule has 1 aromatic carbocycles. The second-order valence-corrected chi connectivity index (χ2v) is 5.31. The van der Waals surface area contributed by atoms with Gasteiger partial charge in [-0.2, -0.15) is 0 Å². The van der Waals surface area contributed by atoms with Gasteiger partial charge in [0.1, 0.15) is 0 Å². The fourth-order valence-electron chi connectivity index (χ4n) is 2.43. The van der Waals surface area contributed by atoms with E-state index in [0.717, 1.165) is 31.5 Å². The third-order valence-corrected chi connectivity index (χ3v) is 3.68. The molecule has 0 aliphatic carbocycles. The summed E-state index contributed by atoms with van der Waals surface area (Å²) in [6.45, 7) is 4.34. The number of nitrogens with two attached hydrogens (primary N) is 1. The van der Waals surface area contributed by atoms with E-state index in [1.807, 2.05) is 37.3 Å². The summed E-state index contributed by atoms with van der Waals surface area (Å²) in [7, 11) is 0. The molecule has 1 atom stereocenters. The first-order valence-corrected chi connectivity index (χ1v) is 6.97. The minimum absolute atomic E-state index is 0. The Morgan fingerprint density at radius 2 is 1.95 bits per heavy atom. The number of benzene rings is 1. The Morgan fingerprint density at radius 3 is 2.55 bits per heavy atom. The van der Waals surface area contributed by atoms with Gasteiger partial charge >= 0.3 is 0 Å². The second kappa shape index (κ2) is 8.25. The van der Waals surface area contributed by atoms with Crippen LogP contribution in [0.2, 0.25) is 0 Å². The molecule has 4 nitrogen and oxygen atoms in total. The van der Waals surface area contributed by atoms with Crippen molar-refractivity contribution in [3.05, 3.63) is 35.9 Å². The number of likely N-dealkylation sites (tertiary alicyclic amines) is 1. The maximum atomic E-state index is 12.0. The molecule has 20 heavy (non-hydrogen) atoms. The van der Waals surface area contributed by atoms with Gasteiger partial charge in [0.2, 0.25) is 5.91 Å². The van der Waals surface area contributed by atoms with Gasteiger partial charge in [0.05, 0.1) is 12.6 Å². The van der Waals surface area contributed by atoms with E-state index in [4.69, 9.17) is 5.73 Å². The van der Waals surface area contributed by atoms with Gasteiger partial charge in [-0.15, -0.1) is 12.4 Å². The van der Waals surface area contributed by atoms with Gasteiger partial charge < -0.3 is 11.1 Å². The Labute approximate surface area is 127 Å². The molecule has 0 spiro atoms. The van der Waals surface area contributed by atoms with Crippen molar-refractivity contribution in [3.8, 4) is 0 Å². The second-order valence-electron chi connectivity index (χ2n) is 5.31. The normalized spacial score (nSPS) is 18.1. The fourth-order valence-corrected chi connectivity index (χ4v) is 2.43. The van der Waals surface area contributed by atoms with Gasteiger partial charge in [-0.05, 0) is 25.3 Å². The average Bonchev–Trinajstić information content (AvgIpc) is 2.42. The predicted octanol–water partition coefficient (Wildman–Crippen LogP) is 1.71. The Bertz CT molecular complexity index is 405. The van der Waals surface area contributed by atoms with E-state index in [2.05, 4.69) is 10.2 Å². The molecule has 0 aromatic heterocycles. The summed E-state index contributed by atoms with van der Waals surface area (Å²) in [6, 6.07) is 10.4. The number of hydrogen-bond acceptors (Lipinski definition) is 3. The predicted molar refractivity (Wildman–Crippen MR) is 83.9 cm³/mol. The fraction of sp³-hybridized carbons (Fsp3) is 0.533. The summed E-state index contributed by atoms with van der Waals surface area (Å²) in [4.78, 5) is 14.2. The van der Waals surface area contributed by atoms with E-state index in [0.29, 0.717) is 12.6 Å². The van der Waals surface area contributed by atoms with Gasteiger partial charge in [0, 0.05) is 19.1 Å². The number of carbonyl (C=O) groups is 1. The Kier molecular flexibility index (Phi) is 6.99. The molecule has 0 radical (unpaired) electrons. The lowest BCUT2D eigenvalue weighted by Gasteiger charge is -2.29. The maximum absolute atomic E-state index is 12.0. The average molecular weight is 298 g/mol. The molecular weight excluding hydrogens is 274 g/mol. The molecule has 2 rings (SSSR count). The van der Waals surface area contributed by atoms with Crippen molar-refractivity contribution in [2.24, 2.45) is 5.73 Å². The first-order valence-electron chi connectivity index (χ1n) is 6.97. The van der Waals surface area contributed by atoms with Crippen LogP contribution in [0.15, 0.2) is 30.3 Å². The third-order valence-electron chi connectivity index (χ3n) is 3.68. The summed E-state index contributed by atoms with van der Waals surface area (Å²) in [5.74, 6) is 0.0897. The number of hydrogen-bond donors (Lipinski definition) is 2. The minimum atomic E-state index is 0. The zero-order valence-corrected chi connectivity index (χ0v) is 12.7. The van der Waals surface area contributed by atoms with Gasteiger partial charge in [0.15, 0.2) is 0 Å². The van der Waals surface area contributed by atoms with Gasteiger partial charge in [-0.3, -0.25) is 9.69 Å². The van der Waals surface area contributed by atoms with Gasteiger partial charge in [-0.25, -0.2) is 0 Å². The molecule has 1 aromatic rings. The number of amides is 1. The highest BCUT2D eigenvalue weighted by Crippen LogP contribution is 2.12. The van der Waals surface area contributed by atoms with E-state index in [9.17, 15) is 4.79 Å². The SMILES string of the molecule is CC(NC(=O)CN1CCC(N)CC1)c1ccccc1.Cl. The van der Waals surface area contributed by atoms with Crippen molar-refractivity contribution in [3.63, 3.8) is 0 Å². The van der Waals surface area contributed by atoms with Crippen LogP contribution < -0.4 is 11.1 Å². The zero-order valence-electron chi connectivity index (χ0n) is 11.9. The van der Waals surface area contributed by atoms with E-state index in [-0.39, 0.29) is 24.4 Å². The molecule has 5 heteroatoms.